The monoisotopic (exact) mass is 324 g/mol. The molecule has 4 nitrogen and oxygen atoms in total. The van der Waals surface area contributed by atoms with E-state index in [0.29, 0.717) is 18.4 Å². The Bertz CT molecular complexity index is 473. The summed E-state index contributed by atoms with van der Waals surface area (Å²) in [7, 11) is 0. The van der Waals surface area contributed by atoms with E-state index in [1.165, 1.54) is 0 Å². The van der Waals surface area contributed by atoms with Crippen LogP contribution in [0, 0.1) is 5.92 Å². The molecule has 1 saturated heterocycles. The number of hydrogen-bond donors (Lipinski definition) is 1. The first-order valence-corrected chi connectivity index (χ1v) is 7.92. The van der Waals surface area contributed by atoms with Crippen molar-refractivity contribution in [1.82, 2.24) is 4.90 Å². The number of nitrogens with two attached hydrogens (primary N) is 1. The van der Waals surface area contributed by atoms with E-state index in [1.54, 1.807) is 0 Å². The standard InChI is InChI=1S/C17H24N2O2.ClH/c18-16(14-4-2-1-3-5-14)10-17(20)19(15-6-7-15)11-13-8-9-21-12-13;/h1-5,13,15-16H,6-12,18H2;1H. The van der Waals surface area contributed by atoms with Crippen molar-refractivity contribution < 1.29 is 9.53 Å². The molecular formula is C17H25ClN2O2. The van der Waals surface area contributed by atoms with Crippen LogP contribution >= 0.6 is 12.4 Å². The van der Waals surface area contributed by atoms with Crippen LogP contribution in [0.25, 0.3) is 0 Å². The number of rotatable bonds is 6. The van der Waals surface area contributed by atoms with Gasteiger partial charge in [0.2, 0.25) is 5.91 Å². The van der Waals surface area contributed by atoms with Crippen LogP contribution in [0.4, 0.5) is 0 Å². The van der Waals surface area contributed by atoms with E-state index in [0.717, 1.165) is 44.6 Å². The largest absolute Gasteiger partial charge is 0.381 e. The van der Waals surface area contributed by atoms with Gasteiger partial charge in [0, 0.05) is 37.6 Å². The van der Waals surface area contributed by atoms with Crippen LogP contribution in [0.3, 0.4) is 0 Å². The SMILES string of the molecule is Cl.NC(CC(=O)N(CC1CCOC1)C1CC1)c1ccccc1. The van der Waals surface area contributed by atoms with E-state index in [2.05, 4.69) is 4.90 Å². The van der Waals surface area contributed by atoms with Crippen molar-refractivity contribution in [3.63, 3.8) is 0 Å². The van der Waals surface area contributed by atoms with Crippen molar-refractivity contribution in [3.8, 4) is 0 Å². The van der Waals surface area contributed by atoms with Crippen LogP contribution in [0.5, 0.6) is 0 Å². The summed E-state index contributed by atoms with van der Waals surface area (Å²) in [5, 5.41) is 0. The van der Waals surface area contributed by atoms with Gasteiger partial charge in [-0.3, -0.25) is 4.79 Å². The van der Waals surface area contributed by atoms with Crippen molar-refractivity contribution >= 4 is 18.3 Å². The van der Waals surface area contributed by atoms with E-state index < -0.39 is 0 Å². The number of halogens is 1. The number of carbonyl (C=O) groups is 1. The molecule has 3 rings (SSSR count). The minimum absolute atomic E-state index is 0. The van der Waals surface area contributed by atoms with E-state index in [-0.39, 0.29) is 24.4 Å². The van der Waals surface area contributed by atoms with Crippen LogP contribution in [0.1, 0.15) is 37.3 Å². The third kappa shape index (κ3) is 4.45. The zero-order chi connectivity index (χ0) is 14.7. The molecule has 0 radical (unpaired) electrons. The van der Waals surface area contributed by atoms with Gasteiger partial charge in [-0.2, -0.15) is 0 Å². The van der Waals surface area contributed by atoms with Gasteiger partial charge in [0.1, 0.15) is 0 Å². The Morgan fingerprint density at radius 1 is 1.27 bits per heavy atom. The van der Waals surface area contributed by atoms with Gasteiger partial charge in [-0.15, -0.1) is 12.4 Å². The first-order chi connectivity index (χ1) is 10.2. The van der Waals surface area contributed by atoms with E-state index >= 15 is 0 Å². The molecule has 1 aliphatic carbocycles. The maximum absolute atomic E-state index is 12.6. The molecule has 2 atom stereocenters. The molecule has 5 heteroatoms. The number of ether oxygens (including phenoxy) is 1. The molecule has 2 fully saturated rings. The third-order valence-electron chi connectivity index (χ3n) is 4.41. The molecular weight excluding hydrogens is 300 g/mol. The van der Waals surface area contributed by atoms with E-state index in [1.807, 2.05) is 30.3 Å². The quantitative estimate of drug-likeness (QED) is 0.874. The average Bonchev–Trinajstić information content (AvgIpc) is 3.21. The van der Waals surface area contributed by atoms with Crippen molar-refractivity contribution in [2.75, 3.05) is 19.8 Å². The minimum Gasteiger partial charge on any atom is -0.381 e. The molecule has 22 heavy (non-hydrogen) atoms. The molecule has 1 heterocycles. The first-order valence-electron chi connectivity index (χ1n) is 7.92. The second kappa shape index (κ2) is 7.95. The van der Waals surface area contributed by atoms with Gasteiger partial charge >= 0.3 is 0 Å². The molecule has 0 bridgehead atoms. The Morgan fingerprint density at radius 3 is 2.59 bits per heavy atom. The van der Waals surface area contributed by atoms with E-state index in [9.17, 15) is 4.79 Å². The lowest BCUT2D eigenvalue weighted by atomic mass is 10.0. The number of benzene rings is 1. The maximum atomic E-state index is 12.6. The minimum atomic E-state index is -0.209. The number of amides is 1. The van der Waals surface area contributed by atoms with Crippen LogP contribution < -0.4 is 5.73 Å². The van der Waals surface area contributed by atoms with Crippen LogP contribution in [-0.2, 0) is 9.53 Å². The topological polar surface area (TPSA) is 55.6 Å². The number of carbonyl (C=O) groups excluding carboxylic acids is 1. The lowest BCUT2D eigenvalue weighted by Crippen LogP contribution is -2.38. The summed E-state index contributed by atoms with van der Waals surface area (Å²) >= 11 is 0. The fourth-order valence-electron chi connectivity index (χ4n) is 2.97. The van der Waals surface area contributed by atoms with E-state index in [4.69, 9.17) is 10.5 Å². The molecule has 0 spiro atoms. The van der Waals surface area contributed by atoms with Crippen LogP contribution in [0.2, 0.25) is 0 Å². The van der Waals surface area contributed by atoms with Gasteiger partial charge in [-0.1, -0.05) is 30.3 Å². The molecule has 1 amide bonds. The van der Waals surface area contributed by atoms with Gasteiger partial charge in [-0.25, -0.2) is 0 Å². The summed E-state index contributed by atoms with van der Waals surface area (Å²) in [5.41, 5.74) is 7.22. The highest BCUT2D eigenvalue weighted by atomic mass is 35.5. The number of hydrogen-bond acceptors (Lipinski definition) is 3. The molecule has 1 saturated carbocycles. The molecule has 2 N–H and O–H groups in total. The lowest BCUT2D eigenvalue weighted by Gasteiger charge is -2.26. The van der Waals surface area contributed by atoms with Crippen LogP contribution in [-0.4, -0.2) is 36.6 Å². The maximum Gasteiger partial charge on any atom is 0.224 e. The highest BCUT2D eigenvalue weighted by Gasteiger charge is 2.35. The normalized spacial score (nSPS) is 22.0. The number of nitrogens with zero attached hydrogens (tertiary/aromatic N) is 1. The zero-order valence-electron chi connectivity index (χ0n) is 12.8. The summed E-state index contributed by atoms with van der Waals surface area (Å²) in [6, 6.07) is 10.1. The van der Waals surface area contributed by atoms with Gasteiger partial charge in [-0.05, 0) is 24.8 Å². The fourth-order valence-corrected chi connectivity index (χ4v) is 2.97. The smallest absolute Gasteiger partial charge is 0.224 e. The molecule has 1 aromatic rings. The highest BCUT2D eigenvalue weighted by molar-refractivity contribution is 5.85. The van der Waals surface area contributed by atoms with Crippen molar-refractivity contribution in [2.45, 2.75) is 37.8 Å². The Labute approximate surface area is 138 Å². The van der Waals surface area contributed by atoms with Gasteiger partial charge in [0.15, 0.2) is 0 Å². The second-order valence-electron chi connectivity index (χ2n) is 6.23. The molecule has 122 valence electrons. The van der Waals surface area contributed by atoms with Crippen molar-refractivity contribution in [1.29, 1.82) is 0 Å². The molecule has 2 unspecified atom stereocenters. The van der Waals surface area contributed by atoms with Crippen molar-refractivity contribution in [3.05, 3.63) is 35.9 Å². The summed E-state index contributed by atoms with van der Waals surface area (Å²) in [5.74, 6) is 0.697. The Hall–Kier alpha value is -1.10. The Morgan fingerprint density at radius 2 is 2.00 bits per heavy atom. The predicted molar refractivity (Wildman–Crippen MR) is 88.9 cm³/mol. The summed E-state index contributed by atoms with van der Waals surface area (Å²) in [4.78, 5) is 14.7. The Balaban J connectivity index is 0.00000176. The average molecular weight is 325 g/mol. The third-order valence-corrected chi connectivity index (χ3v) is 4.41. The molecule has 1 aliphatic heterocycles. The highest BCUT2D eigenvalue weighted by Crippen LogP contribution is 2.30. The summed E-state index contributed by atoms with van der Waals surface area (Å²) < 4.78 is 5.43. The Kier molecular flexibility index (Phi) is 6.24. The predicted octanol–water partition coefficient (Wildman–Crippen LogP) is 2.53. The molecule has 1 aromatic carbocycles. The zero-order valence-corrected chi connectivity index (χ0v) is 13.6. The molecule has 2 aliphatic rings. The van der Waals surface area contributed by atoms with Gasteiger partial charge in [0.25, 0.3) is 0 Å². The fraction of sp³-hybridized carbons (Fsp3) is 0.588. The van der Waals surface area contributed by atoms with Gasteiger partial charge in [0.05, 0.1) is 6.61 Å². The van der Waals surface area contributed by atoms with Crippen LogP contribution in [0.15, 0.2) is 30.3 Å². The molecule has 0 aromatic heterocycles. The second-order valence-corrected chi connectivity index (χ2v) is 6.23. The summed E-state index contributed by atoms with van der Waals surface area (Å²) in [6.45, 7) is 2.47. The summed E-state index contributed by atoms with van der Waals surface area (Å²) in [6.07, 6.45) is 3.75. The lowest BCUT2D eigenvalue weighted by molar-refractivity contribution is -0.132. The van der Waals surface area contributed by atoms with Gasteiger partial charge < -0.3 is 15.4 Å². The first kappa shape index (κ1) is 17.3. The van der Waals surface area contributed by atoms with Crippen molar-refractivity contribution in [2.24, 2.45) is 11.7 Å².